The van der Waals surface area contributed by atoms with E-state index in [0.717, 1.165) is 54.2 Å². The molecule has 5 rings (SSSR count). The molecule has 220 valence electrons. The average molecular weight is 578 g/mol. The molecule has 1 fully saturated rings. The van der Waals surface area contributed by atoms with Gasteiger partial charge in [-0.1, -0.05) is 42.5 Å². The van der Waals surface area contributed by atoms with Crippen molar-refractivity contribution in [2.75, 3.05) is 50.0 Å². The van der Waals surface area contributed by atoms with Gasteiger partial charge in [0.1, 0.15) is 0 Å². The van der Waals surface area contributed by atoms with Crippen LogP contribution in [-0.4, -0.2) is 77.4 Å². The number of carboxylic acid groups (broad SMARTS) is 1. The average Bonchev–Trinajstić information content (AvgIpc) is 3.04. The van der Waals surface area contributed by atoms with Crippen LogP contribution in [0.1, 0.15) is 32.7 Å². The summed E-state index contributed by atoms with van der Waals surface area (Å²) >= 11 is 0. The molecule has 3 aromatic carbocycles. The number of pyridine rings is 1. The van der Waals surface area contributed by atoms with E-state index in [0.29, 0.717) is 11.1 Å². The molecule has 0 unspecified atom stereocenters. The van der Waals surface area contributed by atoms with Crippen molar-refractivity contribution in [1.29, 1.82) is 0 Å². The van der Waals surface area contributed by atoms with E-state index in [2.05, 4.69) is 33.2 Å². The fraction of sp³-hybridized carbons (Fsp3) is 0.235. The number of carbonyl (C=O) groups excluding carboxylic acids is 2. The number of nitrogens with zero attached hydrogens (tertiary/aromatic N) is 4. The summed E-state index contributed by atoms with van der Waals surface area (Å²) in [4.78, 5) is 47.9. The molecule has 1 aliphatic rings. The van der Waals surface area contributed by atoms with Gasteiger partial charge in [0.15, 0.2) is 0 Å². The summed E-state index contributed by atoms with van der Waals surface area (Å²) in [6, 6.07) is 26.4. The van der Waals surface area contributed by atoms with Crippen LogP contribution in [0.25, 0.3) is 11.1 Å². The molecule has 1 aromatic heterocycles. The normalized spacial score (nSPS) is 13.4. The standard InChI is InChI=1S/C34H35N5O4/c1-37-17-19-38(20-18-37)31-13-12-28(22-30(31)36-33(42)26-8-3-2-4-9-26)27-10-5-7-25(21-27)24-39(16-14-32(40)41)34(43)29-11-6-15-35-23-29/h2-13,15,21-23H,14,16-20,24H2,1H3,(H,36,42)(H,40,41). The maximum atomic E-state index is 13.2. The minimum absolute atomic E-state index is 0.0721. The molecule has 9 nitrogen and oxygen atoms in total. The molecule has 43 heavy (non-hydrogen) atoms. The quantitative estimate of drug-likeness (QED) is 0.277. The number of anilines is 2. The first kappa shape index (κ1) is 29.5. The van der Waals surface area contributed by atoms with Crippen molar-refractivity contribution in [1.82, 2.24) is 14.8 Å². The number of piperazine rings is 1. The molecule has 1 saturated heterocycles. The van der Waals surface area contributed by atoms with Gasteiger partial charge in [0, 0.05) is 57.2 Å². The Balaban J connectivity index is 1.43. The fourth-order valence-corrected chi connectivity index (χ4v) is 5.15. The van der Waals surface area contributed by atoms with E-state index in [-0.39, 0.29) is 31.3 Å². The van der Waals surface area contributed by atoms with Crippen LogP contribution in [0, 0.1) is 0 Å². The van der Waals surface area contributed by atoms with Crippen LogP contribution in [0.2, 0.25) is 0 Å². The summed E-state index contributed by atoms with van der Waals surface area (Å²) < 4.78 is 0. The van der Waals surface area contributed by atoms with Gasteiger partial charge in [-0.05, 0) is 66.2 Å². The summed E-state index contributed by atoms with van der Waals surface area (Å²) in [5.41, 5.74) is 5.39. The van der Waals surface area contributed by atoms with Crippen LogP contribution in [0.3, 0.4) is 0 Å². The molecular weight excluding hydrogens is 542 g/mol. The van der Waals surface area contributed by atoms with E-state index in [1.54, 1.807) is 30.5 Å². The number of amides is 2. The SMILES string of the molecule is CN1CCN(c2ccc(-c3cccc(CN(CCC(=O)O)C(=O)c4cccnc4)c3)cc2NC(=O)c2ccccc2)CC1. The van der Waals surface area contributed by atoms with Crippen LogP contribution in [0.5, 0.6) is 0 Å². The highest BCUT2D eigenvalue weighted by atomic mass is 16.4. The molecular formula is C34H35N5O4. The van der Waals surface area contributed by atoms with Crippen molar-refractivity contribution in [2.45, 2.75) is 13.0 Å². The number of carboxylic acids is 1. The maximum absolute atomic E-state index is 13.2. The first-order valence-electron chi connectivity index (χ1n) is 14.3. The van der Waals surface area contributed by atoms with Gasteiger partial charge in [-0.2, -0.15) is 0 Å². The number of nitrogens with one attached hydrogen (secondary N) is 1. The number of aromatic nitrogens is 1. The van der Waals surface area contributed by atoms with Crippen LogP contribution in [0.4, 0.5) is 11.4 Å². The smallest absolute Gasteiger partial charge is 0.305 e. The van der Waals surface area contributed by atoms with Crippen molar-refractivity contribution in [3.63, 3.8) is 0 Å². The van der Waals surface area contributed by atoms with Crippen LogP contribution in [-0.2, 0) is 11.3 Å². The number of carbonyl (C=O) groups is 3. The Bertz CT molecular complexity index is 1570. The molecule has 0 aliphatic carbocycles. The monoisotopic (exact) mass is 577 g/mol. The Morgan fingerprint density at radius 2 is 1.60 bits per heavy atom. The zero-order chi connectivity index (χ0) is 30.2. The summed E-state index contributed by atoms with van der Waals surface area (Å²) in [6.07, 6.45) is 2.91. The Morgan fingerprint density at radius 1 is 0.860 bits per heavy atom. The molecule has 0 atom stereocenters. The zero-order valence-corrected chi connectivity index (χ0v) is 24.1. The van der Waals surface area contributed by atoms with Crippen molar-refractivity contribution < 1.29 is 19.5 Å². The van der Waals surface area contributed by atoms with Crippen molar-refractivity contribution in [2.24, 2.45) is 0 Å². The molecule has 1 aliphatic heterocycles. The number of likely N-dealkylation sites (N-methyl/N-ethyl adjacent to an activating group) is 1. The predicted octanol–water partition coefficient (Wildman–Crippen LogP) is 4.87. The van der Waals surface area contributed by atoms with E-state index in [1.807, 2.05) is 54.6 Å². The largest absolute Gasteiger partial charge is 0.481 e. The van der Waals surface area contributed by atoms with E-state index in [1.165, 1.54) is 11.1 Å². The Labute approximate surface area is 251 Å². The summed E-state index contributed by atoms with van der Waals surface area (Å²) in [6.45, 7) is 3.90. The Kier molecular flexibility index (Phi) is 9.43. The minimum Gasteiger partial charge on any atom is -0.481 e. The summed E-state index contributed by atoms with van der Waals surface area (Å²) in [7, 11) is 2.11. The van der Waals surface area contributed by atoms with Gasteiger partial charge >= 0.3 is 5.97 Å². The summed E-state index contributed by atoms with van der Waals surface area (Å²) in [5.74, 6) is -1.42. The number of hydrogen-bond acceptors (Lipinski definition) is 6. The number of rotatable bonds is 10. The predicted molar refractivity (Wildman–Crippen MR) is 167 cm³/mol. The second-order valence-corrected chi connectivity index (χ2v) is 10.7. The lowest BCUT2D eigenvalue weighted by atomic mass is 10.0. The molecule has 9 heteroatoms. The van der Waals surface area contributed by atoms with Crippen LogP contribution < -0.4 is 10.2 Å². The third kappa shape index (κ3) is 7.64. The van der Waals surface area contributed by atoms with Crippen molar-refractivity contribution >= 4 is 29.2 Å². The number of benzene rings is 3. The molecule has 0 spiro atoms. The molecule has 0 saturated carbocycles. The lowest BCUT2D eigenvalue weighted by molar-refractivity contribution is -0.137. The van der Waals surface area contributed by atoms with Gasteiger partial charge in [0.25, 0.3) is 11.8 Å². The van der Waals surface area contributed by atoms with E-state index >= 15 is 0 Å². The lowest BCUT2D eigenvalue weighted by Crippen LogP contribution is -2.44. The van der Waals surface area contributed by atoms with E-state index < -0.39 is 5.97 Å². The molecule has 4 aromatic rings. The molecule has 2 heterocycles. The lowest BCUT2D eigenvalue weighted by Gasteiger charge is -2.35. The highest BCUT2D eigenvalue weighted by molar-refractivity contribution is 6.06. The first-order valence-corrected chi connectivity index (χ1v) is 14.3. The second-order valence-electron chi connectivity index (χ2n) is 10.7. The zero-order valence-electron chi connectivity index (χ0n) is 24.1. The van der Waals surface area contributed by atoms with Gasteiger partial charge in [-0.25, -0.2) is 0 Å². The first-order chi connectivity index (χ1) is 20.9. The van der Waals surface area contributed by atoms with Crippen molar-refractivity contribution in [3.8, 4) is 11.1 Å². The molecule has 0 bridgehead atoms. The Hall–Kier alpha value is -5.02. The van der Waals surface area contributed by atoms with Gasteiger partial charge in [0.2, 0.25) is 0 Å². The number of aliphatic carboxylic acids is 1. The fourth-order valence-electron chi connectivity index (χ4n) is 5.15. The van der Waals surface area contributed by atoms with Gasteiger partial charge in [0.05, 0.1) is 23.4 Å². The third-order valence-electron chi connectivity index (χ3n) is 7.55. The third-order valence-corrected chi connectivity index (χ3v) is 7.55. The molecule has 2 amide bonds. The van der Waals surface area contributed by atoms with Crippen LogP contribution in [0.15, 0.2) is 97.3 Å². The van der Waals surface area contributed by atoms with Crippen molar-refractivity contribution in [3.05, 3.63) is 114 Å². The summed E-state index contributed by atoms with van der Waals surface area (Å²) in [5, 5.41) is 12.4. The van der Waals surface area contributed by atoms with Crippen LogP contribution >= 0.6 is 0 Å². The van der Waals surface area contributed by atoms with E-state index in [4.69, 9.17) is 0 Å². The highest BCUT2D eigenvalue weighted by Gasteiger charge is 2.21. The Morgan fingerprint density at radius 3 is 2.33 bits per heavy atom. The maximum Gasteiger partial charge on any atom is 0.305 e. The molecule has 0 radical (unpaired) electrons. The minimum atomic E-state index is -0.969. The van der Waals surface area contributed by atoms with Gasteiger partial charge in [-0.3, -0.25) is 19.4 Å². The highest BCUT2D eigenvalue weighted by Crippen LogP contribution is 2.33. The second kappa shape index (κ2) is 13.8. The topological polar surface area (TPSA) is 106 Å². The van der Waals surface area contributed by atoms with Gasteiger partial charge in [-0.15, -0.1) is 0 Å². The van der Waals surface area contributed by atoms with E-state index in [9.17, 15) is 19.5 Å². The number of hydrogen-bond donors (Lipinski definition) is 2. The van der Waals surface area contributed by atoms with Gasteiger partial charge < -0.3 is 25.1 Å². The molecule has 2 N–H and O–H groups in total.